The third-order valence-corrected chi connectivity index (χ3v) is 4.48. The summed E-state index contributed by atoms with van der Waals surface area (Å²) in [4.78, 5) is 31.3. The standard InChI is InChI=1S/C18H22N4O3/c1-11-4-5-13(8-16(11)25-7-6-19)17(23)22-9-14-15(10-22)20-12(2)21(3)18(14)24/h4-5,8H,6-7,9-10,19H2,1-3H3. The maximum absolute atomic E-state index is 12.8. The summed E-state index contributed by atoms with van der Waals surface area (Å²) in [5.74, 6) is 1.15. The monoisotopic (exact) mass is 342 g/mol. The first-order valence-corrected chi connectivity index (χ1v) is 8.20. The van der Waals surface area contributed by atoms with Crippen molar-refractivity contribution in [1.82, 2.24) is 14.5 Å². The molecule has 25 heavy (non-hydrogen) atoms. The molecule has 7 heteroatoms. The Bertz CT molecular complexity index is 889. The minimum atomic E-state index is -0.143. The first-order chi connectivity index (χ1) is 11.9. The van der Waals surface area contributed by atoms with Crippen molar-refractivity contribution >= 4 is 5.91 Å². The van der Waals surface area contributed by atoms with E-state index in [1.54, 1.807) is 31.0 Å². The zero-order chi connectivity index (χ0) is 18.1. The van der Waals surface area contributed by atoms with Crippen LogP contribution in [0.3, 0.4) is 0 Å². The van der Waals surface area contributed by atoms with Crippen LogP contribution in [0.5, 0.6) is 5.75 Å². The summed E-state index contributed by atoms with van der Waals surface area (Å²) in [7, 11) is 1.69. The molecule has 1 amide bonds. The van der Waals surface area contributed by atoms with Gasteiger partial charge < -0.3 is 15.4 Å². The van der Waals surface area contributed by atoms with Gasteiger partial charge in [0.05, 0.1) is 24.3 Å². The van der Waals surface area contributed by atoms with Crippen molar-refractivity contribution in [1.29, 1.82) is 0 Å². The zero-order valence-electron chi connectivity index (χ0n) is 14.7. The van der Waals surface area contributed by atoms with Crippen molar-refractivity contribution in [2.24, 2.45) is 12.8 Å². The number of ether oxygens (including phenoxy) is 1. The lowest BCUT2D eigenvalue weighted by Gasteiger charge is -2.16. The van der Waals surface area contributed by atoms with Gasteiger partial charge in [-0.05, 0) is 31.5 Å². The normalized spacial score (nSPS) is 13.0. The summed E-state index contributed by atoms with van der Waals surface area (Å²) in [5.41, 5.74) is 8.13. The van der Waals surface area contributed by atoms with Gasteiger partial charge in [0.15, 0.2) is 0 Å². The molecule has 0 saturated heterocycles. The van der Waals surface area contributed by atoms with E-state index >= 15 is 0 Å². The third kappa shape index (κ3) is 3.15. The lowest BCUT2D eigenvalue weighted by Crippen LogP contribution is -2.27. The molecular weight excluding hydrogens is 320 g/mol. The molecule has 0 radical (unpaired) electrons. The van der Waals surface area contributed by atoms with Crippen molar-refractivity contribution in [2.45, 2.75) is 26.9 Å². The van der Waals surface area contributed by atoms with Gasteiger partial charge in [0.2, 0.25) is 0 Å². The van der Waals surface area contributed by atoms with Crippen molar-refractivity contribution in [3.63, 3.8) is 0 Å². The van der Waals surface area contributed by atoms with E-state index in [0.717, 1.165) is 5.56 Å². The number of hydrogen-bond donors (Lipinski definition) is 1. The summed E-state index contributed by atoms with van der Waals surface area (Å²) in [6.45, 7) is 5.13. The molecule has 0 spiro atoms. The summed E-state index contributed by atoms with van der Waals surface area (Å²) in [6.07, 6.45) is 0. The fourth-order valence-electron chi connectivity index (χ4n) is 2.91. The van der Waals surface area contributed by atoms with Gasteiger partial charge in [0, 0.05) is 19.2 Å². The number of hydrogen-bond acceptors (Lipinski definition) is 5. The van der Waals surface area contributed by atoms with Crippen LogP contribution in [0.15, 0.2) is 23.0 Å². The maximum Gasteiger partial charge on any atom is 0.258 e. The Labute approximate surface area is 146 Å². The Kier molecular flexibility index (Phi) is 4.59. The number of benzene rings is 1. The van der Waals surface area contributed by atoms with Gasteiger partial charge in [-0.2, -0.15) is 0 Å². The van der Waals surface area contributed by atoms with Crippen LogP contribution in [0.1, 0.15) is 33.0 Å². The molecule has 3 rings (SSSR count). The van der Waals surface area contributed by atoms with Crippen LogP contribution in [0.25, 0.3) is 0 Å². The number of aromatic nitrogens is 2. The quantitative estimate of drug-likeness (QED) is 0.891. The minimum absolute atomic E-state index is 0.0892. The van der Waals surface area contributed by atoms with Crippen LogP contribution in [0, 0.1) is 13.8 Å². The van der Waals surface area contributed by atoms with E-state index in [9.17, 15) is 9.59 Å². The number of rotatable bonds is 4. The van der Waals surface area contributed by atoms with Gasteiger partial charge in [-0.25, -0.2) is 4.98 Å². The Morgan fingerprint density at radius 1 is 1.32 bits per heavy atom. The first kappa shape index (κ1) is 17.2. The molecule has 1 aliphatic heterocycles. The molecule has 2 heterocycles. The summed E-state index contributed by atoms with van der Waals surface area (Å²) < 4.78 is 7.10. The van der Waals surface area contributed by atoms with E-state index < -0.39 is 0 Å². The van der Waals surface area contributed by atoms with E-state index in [0.29, 0.717) is 48.1 Å². The number of carbonyl (C=O) groups excluding carboxylic acids is 1. The van der Waals surface area contributed by atoms with Crippen LogP contribution in [-0.4, -0.2) is 33.5 Å². The highest BCUT2D eigenvalue weighted by molar-refractivity contribution is 5.95. The second-order valence-electron chi connectivity index (χ2n) is 6.23. The van der Waals surface area contributed by atoms with Crippen molar-refractivity contribution < 1.29 is 9.53 Å². The highest BCUT2D eigenvalue weighted by Gasteiger charge is 2.29. The predicted octanol–water partition coefficient (Wildman–Crippen LogP) is 0.891. The summed E-state index contributed by atoms with van der Waals surface area (Å²) >= 11 is 0. The Hall–Kier alpha value is -2.67. The molecule has 0 saturated carbocycles. The predicted molar refractivity (Wildman–Crippen MR) is 93.5 cm³/mol. The fraction of sp³-hybridized carbons (Fsp3) is 0.389. The van der Waals surface area contributed by atoms with Crippen molar-refractivity contribution in [3.8, 4) is 5.75 Å². The van der Waals surface area contributed by atoms with E-state index in [2.05, 4.69) is 4.98 Å². The molecule has 1 aromatic carbocycles. The number of nitrogens with zero attached hydrogens (tertiary/aromatic N) is 3. The van der Waals surface area contributed by atoms with Crippen LogP contribution >= 0.6 is 0 Å². The molecule has 132 valence electrons. The van der Waals surface area contributed by atoms with Crippen molar-refractivity contribution in [3.05, 3.63) is 56.8 Å². The second-order valence-corrected chi connectivity index (χ2v) is 6.23. The molecule has 0 atom stereocenters. The molecule has 0 bridgehead atoms. The maximum atomic E-state index is 12.8. The van der Waals surface area contributed by atoms with Crippen molar-refractivity contribution in [2.75, 3.05) is 13.2 Å². The molecule has 2 N–H and O–H groups in total. The lowest BCUT2D eigenvalue weighted by molar-refractivity contribution is 0.0749. The molecule has 0 fully saturated rings. The van der Waals surface area contributed by atoms with Crippen LogP contribution < -0.4 is 16.0 Å². The van der Waals surface area contributed by atoms with E-state index in [-0.39, 0.29) is 18.0 Å². The Morgan fingerprint density at radius 2 is 2.08 bits per heavy atom. The highest BCUT2D eigenvalue weighted by atomic mass is 16.5. The minimum Gasteiger partial charge on any atom is -0.492 e. The van der Waals surface area contributed by atoms with Gasteiger partial charge in [0.25, 0.3) is 11.5 Å². The molecule has 0 aliphatic carbocycles. The highest BCUT2D eigenvalue weighted by Crippen LogP contribution is 2.24. The number of carbonyl (C=O) groups is 1. The van der Waals surface area contributed by atoms with Gasteiger partial charge in [-0.15, -0.1) is 0 Å². The number of fused-ring (bicyclic) bond motifs is 1. The average molecular weight is 342 g/mol. The topological polar surface area (TPSA) is 90.5 Å². The van der Waals surface area contributed by atoms with Crippen LogP contribution in [-0.2, 0) is 20.1 Å². The smallest absolute Gasteiger partial charge is 0.258 e. The van der Waals surface area contributed by atoms with Crippen LogP contribution in [0.2, 0.25) is 0 Å². The van der Waals surface area contributed by atoms with Gasteiger partial charge in [-0.3, -0.25) is 14.2 Å². The Morgan fingerprint density at radius 3 is 2.80 bits per heavy atom. The summed E-state index contributed by atoms with van der Waals surface area (Å²) in [5, 5.41) is 0. The number of nitrogens with two attached hydrogens (primary N) is 1. The third-order valence-electron chi connectivity index (χ3n) is 4.48. The molecule has 1 aliphatic rings. The first-order valence-electron chi connectivity index (χ1n) is 8.20. The van der Waals surface area contributed by atoms with Gasteiger partial charge in [0.1, 0.15) is 18.2 Å². The lowest BCUT2D eigenvalue weighted by atomic mass is 10.1. The SMILES string of the molecule is Cc1ccc(C(=O)N2Cc3nc(C)n(C)c(=O)c3C2)cc1OCCN. The molecule has 0 unspecified atom stereocenters. The van der Waals surface area contributed by atoms with E-state index in [4.69, 9.17) is 10.5 Å². The number of aryl methyl sites for hydroxylation is 2. The largest absolute Gasteiger partial charge is 0.492 e. The molecule has 7 nitrogen and oxygen atoms in total. The molecule has 1 aromatic heterocycles. The summed E-state index contributed by atoms with van der Waals surface area (Å²) in [6, 6.07) is 5.35. The average Bonchev–Trinajstić information content (AvgIpc) is 3.02. The van der Waals surface area contributed by atoms with Crippen LogP contribution in [0.4, 0.5) is 0 Å². The second kappa shape index (κ2) is 6.68. The Balaban J connectivity index is 1.86. The fourth-order valence-corrected chi connectivity index (χ4v) is 2.91. The van der Waals surface area contributed by atoms with Gasteiger partial charge >= 0.3 is 0 Å². The molecule has 2 aromatic rings. The number of amides is 1. The zero-order valence-corrected chi connectivity index (χ0v) is 14.7. The van der Waals surface area contributed by atoms with E-state index in [1.807, 2.05) is 13.0 Å². The molecular formula is C18H22N4O3. The van der Waals surface area contributed by atoms with E-state index in [1.165, 1.54) is 4.57 Å². The van der Waals surface area contributed by atoms with Gasteiger partial charge in [-0.1, -0.05) is 6.07 Å².